The molecule has 4 aromatic rings. The van der Waals surface area contributed by atoms with Gasteiger partial charge in [-0.2, -0.15) is 0 Å². The molecule has 256 valence electrons. The highest BCUT2D eigenvalue weighted by atomic mass is 19.2. The predicted octanol–water partition coefficient (Wildman–Crippen LogP) is 5.14. The van der Waals surface area contributed by atoms with E-state index in [1.165, 1.54) is 29.0 Å². The number of halogens is 2. The highest BCUT2D eigenvalue weighted by Crippen LogP contribution is 2.32. The number of hydrogen-bond acceptors (Lipinski definition) is 5. The van der Waals surface area contributed by atoms with Crippen LogP contribution in [0.1, 0.15) is 42.4 Å². The second-order valence-corrected chi connectivity index (χ2v) is 13.0. The third kappa shape index (κ3) is 9.14. The summed E-state index contributed by atoms with van der Waals surface area (Å²) in [4.78, 5) is 48.4. The second kappa shape index (κ2) is 16.0. The zero-order valence-electron chi connectivity index (χ0n) is 27.9. The van der Waals surface area contributed by atoms with Crippen molar-refractivity contribution in [1.82, 2.24) is 20.1 Å². The van der Waals surface area contributed by atoms with E-state index in [2.05, 4.69) is 10.3 Å². The van der Waals surface area contributed by atoms with Gasteiger partial charge in [0.05, 0.1) is 0 Å². The standard InChI is InChI=1S/C39H43F2N5O3/c1-45(36(47)9-5-17-39(42)18-6-19-39)35(26-28-10-12-30-7-3-4-8-31(30)23-28)38(49)46(2)34(25-29-11-13-32(40)33(41)24-29)37(48)44-22-16-27-14-20-43-21-15-27/h3-5,7-15,20-21,23-24,34-35H,6,16-19,22,25-26,42H2,1-2H3,(H,44,48)/t34-,35-/m1/s1. The van der Waals surface area contributed by atoms with Gasteiger partial charge in [0.1, 0.15) is 12.1 Å². The molecule has 3 amide bonds. The molecule has 3 aromatic carbocycles. The molecule has 49 heavy (non-hydrogen) atoms. The van der Waals surface area contributed by atoms with Crippen LogP contribution in [0.3, 0.4) is 0 Å². The summed E-state index contributed by atoms with van der Waals surface area (Å²) in [5, 5.41) is 4.94. The number of amides is 3. The molecule has 0 unspecified atom stereocenters. The SMILES string of the molecule is CN(C(=O)C=CCC1(N)CCC1)[C@H](Cc1ccc2ccccc2c1)C(=O)N(C)[C@H](Cc1ccc(F)c(F)c1)C(=O)NCCc1ccncc1. The first-order chi connectivity index (χ1) is 23.5. The Bertz CT molecular complexity index is 1810. The highest BCUT2D eigenvalue weighted by Gasteiger charge is 2.35. The number of benzene rings is 3. The Hall–Kier alpha value is -4.96. The number of hydrogen-bond donors (Lipinski definition) is 2. The molecule has 0 aliphatic heterocycles. The molecule has 0 spiro atoms. The number of pyridine rings is 1. The molecule has 1 fully saturated rings. The molecule has 2 atom stereocenters. The van der Waals surface area contributed by atoms with E-state index >= 15 is 0 Å². The van der Waals surface area contributed by atoms with Gasteiger partial charge in [-0.25, -0.2) is 8.78 Å². The largest absolute Gasteiger partial charge is 0.354 e. The Labute approximate surface area is 286 Å². The number of carbonyl (C=O) groups excluding carboxylic acids is 3. The third-order valence-electron chi connectivity index (χ3n) is 9.47. The van der Waals surface area contributed by atoms with E-state index in [9.17, 15) is 23.2 Å². The van der Waals surface area contributed by atoms with E-state index in [4.69, 9.17) is 5.73 Å². The molecule has 10 heteroatoms. The van der Waals surface area contributed by atoms with Crippen molar-refractivity contribution in [2.75, 3.05) is 20.6 Å². The summed E-state index contributed by atoms with van der Waals surface area (Å²) in [7, 11) is 3.08. The monoisotopic (exact) mass is 667 g/mol. The van der Waals surface area contributed by atoms with E-state index in [1.807, 2.05) is 54.6 Å². The van der Waals surface area contributed by atoms with Gasteiger partial charge >= 0.3 is 0 Å². The molecule has 3 N–H and O–H groups in total. The first-order valence-corrected chi connectivity index (χ1v) is 16.6. The van der Waals surface area contributed by atoms with Crippen LogP contribution in [0.4, 0.5) is 8.78 Å². The molecule has 8 nitrogen and oxygen atoms in total. The maximum Gasteiger partial charge on any atom is 0.246 e. The van der Waals surface area contributed by atoms with Crippen molar-refractivity contribution >= 4 is 28.5 Å². The fraction of sp³-hybridized carbons (Fsp3) is 0.333. The number of nitrogens with one attached hydrogen (secondary N) is 1. The average molecular weight is 668 g/mol. The molecule has 5 rings (SSSR count). The van der Waals surface area contributed by atoms with Crippen LogP contribution in [-0.2, 0) is 33.6 Å². The molecule has 1 saturated carbocycles. The predicted molar refractivity (Wildman–Crippen MR) is 186 cm³/mol. The summed E-state index contributed by atoms with van der Waals surface area (Å²) in [6.45, 7) is 0.283. The fourth-order valence-corrected chi connectivity index (χ4v) is 6.16. The number of nitrogens with two attached hydrogens (primary N) is 1. The topological polar surface area (TPSA) is 109 Å². The van der Waals surface area contributed by atoms with E-state index in [0.29, 0.717) is 18.4 Å². The van der Waals surface area contributed by atoms with Crippen LogP contribution in [0.15, 0.2) is 97.3 Å². The third-order valence-corrected chi connectivity index (χ3v) is 9.47. The van der Waals surface area contributed by atoms with Gasteiger partial charge in [-0.3, -0.25) is 19.4 Å². The van der Waals surface area contributed by atoms with Crippen molar-refractivity contribution in [2.24, 2.45) is 5.73 Å². The Balaban J connectivity index is 1.41. The van der Waals surface area contributed by atoms with E-state index < -0.39 is 35.5 Å². The lowest BCUT2D eigenvalue weighted by atomic mass is 9.75. The summed E-state index contributed by atoms with van der Waals surface area (Å²) in [5.41, 5.74) is 8.20. The van der Waals surface area contributed by atoms with Crippen LogP contribution >= 0.6 is 0 Å². The normalized spacial score (nSPS) is 15.0. The van der Waals surface area contributed by atoms with Crippen LogP contribution in [0, 0.1) is 11.6 Å². The summed E-state index contributed by atoms with van der Waals surface area (Å²) >= 11 is 0. The summed E-state index contributed by atoms with van der Waals surface area (Å²) < 4.78 is 28.0. The molecule has 1 aromatic heterocycles. The van der Waals surface area contributed by atoms with Gasteiger partial charge in [-0.15, -0.1) is 0 Å². The molecular formula is C39H43F2N5O3. The molecule has 1 aliphatic rings. The zero-order chi connectivity index (χ0) is 35.0. The minimum atomic E-state index is -1.08. The van der Waals surface area contributed by atoms with Crippen LogP contribution in [-0.4, -0.2) is 70.8 Å². The molecule has 0 bridgehead atoms. The summed E-state index contributed by atoms with van der Waals surface area (Å²) in [6, 6.07) is 18.8. The fourth-order valence-electron chi connectivity index (χ4n) is 6.16. The lowest BCUT2D eigenvalue weighted by molar-refractivity contribution is -0.146. The van der Waals surface area contributed by atoms with Gasteiger partial charge in [0.15, 0.2) is 11.6 Å². The van der Waals surface area contributed by atoms with Crippen molar-refractivity contribution in [3.63, 3.8) is 0 Å². The second-order valence-electron chi connectivity index (χ2n) is 13.0. The molecule has 0 radical (unpaired) electrons. The van der Waals surface area contributed by atoms with Gasteiger partial charge in [0, 0.05) is 51.4 Å². The number of nitrogens with zero attached hydrogens (tertiary/aromatic N) is 3. The van der Waals surface area contributed by atoms with Crippen LogP contribution in [0.25, 0.3) is 10.8 Å². The van der Waals surface area contributed by atoms with E-state index in [1.54, 1.807) is 25.5 Å². The maximum atomic E-state index is 14.5. The number of fused-ring (bicyclic) bond motifs is 1. The van der Waals surface area contributed by atoms with Crippen molar-refractivity contribution < 1.29 is 23.2 Å². The average Bonchev–Trinajstić information content (AvgIpc) is 3.09. The molecular weight excluding hydrogens is 624 g/mol. The Morgan fingerprint density at radius 1 is 0.857 bits per heavy atom. The lowest BCUT2D eigenvalue weighted by Crippen LogP contribution is -2.56. The number of rotatable bonds is 14. The lowest BCUT2D eigenvalue weighted by Gasteiger charge is -2.37. The van der Waals surface area contributed by atoms with Gasteiger partial charge in [0.25, 0.3) is 0 Å². The quantitative estimate of drug-likeness (QED) is 0.181. The van der Waals surface area contributed by atoms with E-state index in [0.717, 1.165) is 53.3 Å². The minimum Gasteiger partial charge on any atom is -0.354 e. The van der Waals surface area contributed by atoms with Crippen LogP contribution in [0.5, 0.6) is 0 Å². The van der Waals surface area contributed by atoms with Crippen LogP contribution < -0.4 is 11.1 Å². The Morgan fingerprint density at radius 2 is 1.53 bits per heavy atom. The smallest absolute Gasteiger partial charge is 0.246 e. The highest BCUT2D eigenvalue weighted by molar-refractivity contribution is 5.95. The van der Waals surface area contributed by atoms with Crippen molar-refractivity contribution in [1.29, 1.82) is 0 Å². The molecule has 1 heterocycles. The first-order valence-electron chi connectivity index (χ1n) is 16.6. The van der Waals surface area contributed by atoms with Crippen molar-refractivity contribution in [3.8, 4) is 0 Å². The van der Waals surface area contributed by atoms with Crippen molar-refractivity contribution in [3.05, 3.63) is 126 Å². The maximum absolute atomic E-state index is 14.5. The summed E-state index contributed by atoms with van der Waals surface area (Å²) in [6.07, 6.45) is 10.6. The zero-order valence-corrected chi connectivity index (χ0v) is 27.9. The van der Waals surface area contributed by atoms with Gasteiger partial charge in [-0.1, -0.05) is 54.6 Å². The number of likely N-dealkylation sites (N-methyl/N-ethyl adjacent to an activating group) is 2. The Kier molecular flexibility index (Phi) is 11.5. The van der Waals surface area contributed by atoms with E-state index in [-0.39, 0.29) is 30.8 Å². The molecule has 0 saturated heterocycles. The van der Waals surface area contributed by atoms with Crippen molar-refractivity contribution in [2.45, 2.75) is 62.6 Å². The van der Waals surface area contributed by atoms with Gasteiger partial charge < -0.3 is 20.9 Å². The first kappa shape index (κ1) is 35.3. The van der Waals surface area contributed by atoms with Gasteiger partial charge in [0.2, 0.25) is 17.7 Å². The van der Waals surface area contributed by atoms with Crippen LogP contribution in [0.2, 0.25) is 0 Å². The number of aromatic nitrogens is 1. The summed E-state index contributed by atoms with van der Waals surface area (Å²) in [5.74, 6) is -3.34. The Morgan fingerprint density at radius 3 is 2.22 bits per heavy atom. The molecule has 1 aliphatic carbocycles. The minimum absolute atomic E-state index is 0.0701. The number of carbonyl (C=O) groups is 3. The van der Waals surface area contributed by atoms with Gasteiger partial charge in [-0.05, 0) is 89.9 Å².